The number of hydrogen-bond acceptors (Lipinski definition) is 9. The van der Waals surface area contributed by atoms with E-state index in [4.69, 9.17) is 37.3 Å². The maximum atomic E-state index is 14.8. The molecule has 0 spiro atoms. The molecule has 0 bridgehead atoms. The fourth-order valence-electron chi connectivity index (χ4n) is 8.69. The minimum absolute atomic E-state index is 0.0314. The molecule has 1 heterocycles. The first-order valence-corrected chi connectivity index (χ1v) is 27.2. The zero-order chi connectivity index (χ0) is 45.2. The molecule has 0 aromatic heterocycles. The Balaban J connectivity index is 2.06. The molecular weight excluding hydrogens is 789 g/mol. The van der Waals surface area contributed by atoms with Crippen LogP contribution in [0.2, 0.25) is 34.8 Å². The van der Waals surface area contributed by atoms with E-state index in [9.17, 15) is 4.79 Å². The van der Waals surface area contributed by atoms with Gasteiger partial charge < -0.3 is 37.3 Å². The monoisotopic (exact) mass is 869 g/mol. The molecule has 2 aromatic carbocycles. The number of fused-ring (bicyclic) bond motifs is 1. The quantitative estimate of drug-likeness (QED) is 0.0592. The van der Waals surface area contributed by atoms with Gasteiger partial charge in [0.1, 0.15) is 34.7 Å². The summed E-state index contributed by atoms with van der Waals surface area (Å²) in [5.41, 5.74) is 3.35. The average Bonchev–Trinajstić information content (AvgIpc) is 3.18. The number of esters is 1. The van der Waals surface area contributed by atoms with Gasteiger partial charge in [-0.25, -0.2) is 4.79 Å². The fraction of sp³-hybridized carbons (Fsp3) is 0.694. The maximum Gasteiger partial charge on any atom is 0.342 e. The molecule has 1 aliphatic heterocycles. The summed E-state index contributed by atoms with van der Waals surface area (Å²) >= 11 is 0. The highest BCUT2D eigenvalue weighted by molar-refractivity contribution is 6.77. The van der Waals surface area contributed by atoms with Crippen LogP contribution in [0.4, 0.5) is 0 Å². The number of methoxy groups -OCH3 is 4. The summed E-state index contributed by atoms with van der Waals surface area (Å²) in [6.07, 6.45) is 1.33. The van der Waals surface area contributed by atoms with Gasteiger partial charge >= 0.3 is 5.97 Å². The first-order valence-electron chi connectivity index (χ1n) is 22.1. The van der Waals surface area contributed by atoms with Crippen LogP contribution in [-0.4, -0.2) is 76.0 Å². The molecule has 0 saturated heterocycles. The number of benzene rings is 2. The molecule has 338 valence electrons. The van der Waals surface area contributed by atoms with E-state index in [1.807, 2.05) is 24.3 Å². The number of carbonyl (C=O) groups excluding carboxylic acids is 1. The topological polar surface area (TPSA) is 90.9 Å². The Morgan fingerprint density at radius 3 is 1.93 bits per heavy atom. The standard InChI is InChI=1S/C49H80O9Si2/c1-32(2)60(33(3)4,34(5)6)57-43-28-39-27-41(52-14)30-45(54-16)46(39)48(50)56-42(22-20-19-21-35(43)7)37(9)47(58-59(17,18)49(10,11)12)36(8)25-26-55-31-38-23-24-40(51-13)29-44(38)53-15/h23-24,27,29-30,32-37,42-43,47H,21-22,25-26,28,31H2,1-18H3/t35-,36+,37+,42-,43?,47+/m0/s1. The number of hydrogen-bond donors (Lipinski definition) is 0. The van der Waals surface area contributed by atoms with Crippen LogP contribution in [0.25, 0.3) is 0 Å². The van der Waals surface area contributed by atoms with E-state index < -0.39 is 28.7 Å². The molecule has 0 N–H and O–H groups in total. The maximum absolute atomic E-state index is 14.8. The lowest BCUT2D eigenvalue weighted by Crippen LogP contribution is -2.51. The highest BCUT2D eigenvalue weighted by Gasteiger charge is 2.48. The molecule has 9 nitrogen and oxygen atoms in total. The predicted molar refractivity (Wildman–Crippen MR) is 249 cm³/mol. The van der Waals surface area contributed by atoms with Crippen molar-refractivity contribution in [1.82, 2.24) is 0 Å². The van der Waals surface area contributed by atoms with Gasteiger partial charge in [-0.1, -0.05) is 89.0 Å². The summed E-state index contributed by atoms with van der Waals surface area (Å²) in [5, 5.41) is -0.0314. The van der Waals surface area contributed by atoms with E-state index in [1.165, 1.54) is 0 Å². The van der Waals surface area contributed by atoms with Crippen molar-refractivity contribution >= 4 is 22.6 Å². The molecule has 11 heteroatoms. The van der Waals surface area contributed by atoms with Crippen molar-refractivity contribution in [1.29, 1.82) is 0 Å². The zero-order valence-electron chi connectivity index (χ0n) is 40.5. The minimum atomic E-state index is -2.31. The molecule has 0 amide bonds. The lowest BCUT2D eigenvalue weighted by Gasteiger charge is -2.46. The van der Waals surface area contributed by atoms with Crippen LogP contribution in [0, 0.1) is 29.6 Å². The van der Waals surface area contributed by atoms with Crippen molar-refractivity contribution in [2.45, 2.75) is 168 Å². The summed E-state index contributed by atoms with van der Waals surface area (Å²) < 4.78 is 50.4. The Bertz CT molecular complexity index is 1720. The van der Waals surface area contributed by atoms with Crippen LogP contribution in [0.15, 0.2) is 30.3 Å². The van der Waals surface area contributed by atoms with Crippen molar-refractivity contribution in [3.8, 4) is 34.8 Å². The molecule has 6 atom stereocenters. The molecule has 0 fully saturated rings. The molecule has 0 aliphatic carbocycles. The summed E-state index contributed by atoms with van der Waals surface area (Å²) in [4.78, 5) is 14.8. The average molecular weight is 869 g/mol. The number of rotatable bonds is 19. The van der Waals surface area contributed by atoms with Crippen molar-refractivity contribution < 1.29 is 42.1 Å². The third kappa shape index (κ3) is 12.6. The summed E-state index contributed by atoms with van der Waals surface area (Å²) in [5.74, 6) is 9.04. The Morgan fingerprint density at radius 2 is 1.38 bits per heavy atom. The van der Waals surface area contributed by atoms with Gasteiger partial charge in [0.15, 0.2) is 8.32 Å². The van der Waals surface area contributed by atoms with Gasteiger partial charge in [-0.15, -0.1) is 5.92 Å². The molecule has 3 rings (SSSR count). The van der Waals surface area contributed by atoms with Gasteiger partial charge in [-0.05, 0) is 83.2 Å². The van der Waals surface area contributed by atoms with Crippen LogP contribution >= 0.6 is 0 Å². The van der Waals surface area contributed by atoms with Crippen molar-refractivity contribution in [2.24, 2.45) is 17.8 Å². The molecule has 2 aromatic rings. The Morgan fingerprint density at radius 1 is 0.800 bits per heavy atom. The number of ether oxygens (including phenoxy) is 6. The van der Waals surface area contributed by atoms with Gasteiger partial charge in [0.05, 0.1) is 47.3 Å². The van der Waals surface area contributed by atoms with Gasteiger partial charge in [0.2, 0.25) is 8.32 Å². The summed E-state index contributed by atoms with van der Waals surface area (Å²) in [7, 11) is 1.93. The highest BCUT2D eigenvalue weighted by Crippen LogP contribution is 2.45. The van der Waals surface area contributed by atoms with E-state index in [1.54, 1.807) is 34.5 Å². The summed E-state index contributed by atoms with van der Waals surface area (Å²) in [6.45, 7) is 32.7. The molecule has 1 aliphatic rings. The zero-order valence-corrected chi connectivity index (χ0v) is 42.5. The van der Waals surface area contributed by atoms with Crippen molar-refractivity contribution in [3.63, 3.8) is 0 Å². The lowest BCUT2D eigenvalue weighted by molar-refractivity contribution is -0.0273. The van der Waals surface area contributed by atoms with Crippen LogP contribution < -0.4 is 18.9 Å². The molecule has 1 unspecified atom stereocenters. The lowest BCUT2D eigenvalue weighted by atomic mass is 9.86. The van der Waals surface area contributed by atoms with E-state index >= 15 is 0 Å². The minimum Gasteiger partial charge on any atom is -0.497 e. The Hall–Kier alpha value is -3.02. The molecule has 60 heavy (non-hydrogen) atoms. The van der Waals surface area contributed by atoms with E-state index in [2.05, 4.69) is 108 Å². The van der Waals surface area contributed by atoms with E-state index in [-0.39, 0.29) is 35.0 Å². The van der Waals surface area contributed by atoms with Gasteiger partial charge in [0.25, 0.3) is 0 Å². The Labute approximate surface area is 366 Å². The third-order valence-corrected chi connectivity index (χ3v) is 24.0. The van der Waals surface area contributed by atoms with Crippen LogP contribution in [-0.2, 0) is 31.4 Å². The fourth-order valence-corrected chi connectivity index (χ4v) is 15.8. The second-order valence-corrected chi connectivity index (χ2v) is 29.6. The van der Waals surface area contributed by atoms with Crippen molar-refractivity contribution in [3.05, 3.63) is 47.0 Å². The second kappa shape index (κ2) is 22.4. The van der Waals surface area contributed by atoms with Crippen LogP contribution in [0.1, 0.15) is 124 Å². The molecule has 0 saturated carbocycles. The molecular formula is C49H80O9Si2. The number of carbonyl (C=O) groups is 1. The van der Waals surface area contributed by atoms with Crippen LogP contribution in [0.3, 0.4) is 0 Å². The smallest absolute Gasteiger partial charge is 0.342 e. The highest BCUT2D eigenvalue weighted by atomic mass is 28.4. The normalized spacial score (nSPS) is 19.6. The first kappa shape index (κ1) is 51.3. The van der Waals surface area contributed by atoms with Crippen molar-refractivity contribution in [2.75, 3.05) is 35.0 Å². The summed E-state index contributed by atoms with van der Waals surface area (Å²) in [6, 6.07) is 9.48. The predicted octanol–water partition coefficient (Wildman–Crippen LogP) is 12.1. The van der Waals surface area contributed by atoms with Crippen LogP contribution in [0.5, 0.6) is 23.0 Å². The second-order valence-electron chi connectivity index (χ2n) is 19.4. The molecule has 0 radical (unpaired) electrons. The van der Waals surface area contributed by atoms with Gasteiger partial charge in [-0.3, -0.25) is 0 Å². The largest absolute Gasteiger partial charge is 0.497 e. The SMILES string of the molecule is COc1ccc(COCC[C@@H](C)[C@@H](O[Si](C)(C)C(C)(C)C)[C@H](C)[C@@H]2CC#CC[C@H](C)C(O[Si](C(C)C)(C(C)C)C(C)C)Cc3cc(OC)cc(OC)c3C(=O)O2)c(OC)c1. The van der Waals surface area contributed by atoms with E-state index in [0.29, 0.717) is 66.2 Å². The Kier molecular flexibility index (Phi) is 19.1. The van der Waals surface area contributed by atoms with E-state index in [0.717, 1.165) is 29.0 Å². The van der Waals surface area contributed by atoms with Gasteiger partial charge in [-0.2, -0.15) is 0 Å². The van der Waals surface area contributed by atoms with Gasteiger partial charge in [0, 0.05) is 43.1 Å². The third-order valence-electron chi connectivity index (χ3n) is 13.4. The first-order chi connectivity index (χ1) is 28.1. The number of cyclic esters (lactones) is 1.